The van der Waals surface area contributed by atoms with Gasteiger partial charge in [0.25, 0.3) is 0 Å². The number of hydrogen-bond donors (Lipinski definition) is 0. The molecule has 2 aromatic carbocycles. The molecule has 1 heteroatoms. The quantitative estimate of drug-likeness (QED) is 0.537. The van der Waals surface area contributed by atoms with E-state index in [1.165, 1.54) is 53.8 Å². The Balaban J connectivity index is 1.67. The predicted molar refractivity (Wildman–Crippen MR) is 100 cm³/mol. The van der Waals surface area contributed by atoms with Crippen LogP contribution in [0.2, 0.25) is 0 Å². The first kappa shape index (κ1) is 16.1. The van der Waals surface area contributed by atoms with Crippen LogP contribution >= 0.6 is 15.9 Å². The van der Waals surface area contributed by atoms with Crippen molar-refractivity contribution in [3.63, 3.8) is 0 Å². The molecule has 3 rings (SSSR count). The molecule has 0 amide bonds. The zero-order valence-electron chi connectivity index (χ0n) is 13.8. The molecule has 0 bridgehead atoms. The minimum atomic E-state index is 0.779. The van der Waals surface area contributed by atoms with Gasteiger partial charge in [-0.1, -0.05) is 60.5 Å². The van der Waals surface area contributed by atoms with Crippen LogP contribution in [0.25, 0.3) is 10.8 Å². The smallest absolute Gasteiger partial charge is 0.0181 e. The van der Waals surface area contributed by atoms with Crippen molar-refractivity contribution in [2.75, 3.05) is 0 Å². The summed E-state index contributed by atoms with van der Waals surface area (Å²) in [5.74, 6) is 2.66. The Morgan fingerprint density at radius 2 is 1.68 bits per heavy atom. The van der Waals surface area contributed by atoms with Gasteiger partial charge in [0.15, 0.2) is 0 Å². The minimum Gasteiger partial charge on any atom is -0.0651 e. The Morgan fingerprint density at radius 1 is 1.00 bits per heavy atom. The van der Waals surface area contributed by atoms with Gasteiger partial charge < -0.3 is 0 Å². The van der Waals surface area contributed by atoms with Crippen LogP contribution in [0.3, 0.4) is 0 Å². The standard InChI is InChI=1S/C21H27Br/c1-3-15(2)12-16-4-6-17(7-5-16)18-8-9-20-14-21(22)11-10-19(20)13-18/h8-11,13-17H,3-7,12H2,1-2H3. The third-order valence-electron chi connectivity index (χ3n) is 5.58. The zero-order chi connectivity index (χ0) is 15.5. The van der Waals surface area contributed by atoms with Crippen LogP contribution < -0.4 is 0 Å². The van der Waals surface area contributed by atoms with Gasteiger partial charge in [-0.3, -0.25) is 0 Å². The molecule has 0 nitrogen and oxygen atoms in total. The van der Waals surface area contributed by atoms with Crippen LogP contribution in [0.4, 0.5) is 0 Å². The lowest BCUT2D eigenvalue weighted by atomic mass is 9.75. The van der Waals surface area contributed by atoms with E-state index in [-0.39, 0.29) is 0 Å². The second-order valence-electron chi connectivity index (χ2n) is 7.22. The van der Waals surface area contributed by atoms with E-state index in [1.807, 2.05) is 0 Å². The number of halogens is 1. The molecule has 1 aliphatic rings. The van der Waals surface area contributed by atoms with Crippen LogP contribution in [0.1, 0.15) is 63.9 Å². The van der Waals surface area contributed by atoms with E-state index in [1.54, 1.807) is 5.56 Å². The minimum absolute atomic E-state index is 0.779. The highest BCUT2D eigenvalue weighted by atomic mass is 79.9. The first-order valence-corrected chi connectivity index (χ1v) is 9.64. The summed E-state index contributed by atoms with van der Waals surface area (Å²) < 4.78 is 1.17. The van der Waals surface area contributed by atoms with E-state index in [9.17, 15) is 0 Å². The average molecular weight is 359 g/mol. The maximum absolute atomic E-state index is 3.56. The van der Waals surface area contributed by atoms with Gasteiger partial charge in [-0.05, 0) is 78.3 Å². The third kappa shape index (κ3) is 3.74. The number of fused-ring (bicyclic) bond motifs is 1. The van der Waals surface area contributed by atoms with E-state index in [0.717, 1.165) is 17.8 Å². The lowest BCUT2D eigenvalue weighted by Gasteiger charge is -2.30. The molecule has 1 unspecified atom stereocenters. The third-order valence-corrected chi connectivity index (χ3v) is 6.07. The summed E-state index contributed by atoms with van der Waals surface area (Å²) in [4.78, 5) is 0. The van der Waals surface area contributed by atoms with Crippen LogP contribution in [0.5, 0.6) is 0 Å². The largest absolute Gasteiger partial charge is 0.0651 e. The van der Waals surface area contributed by atoms with E-state index >= 15 is 0 Å². The molecule has 1 saturated carbocycles. The fourth-order valence-electron chi connectivity index (χ4n) is 3.96. The van der Waals surface area contributed by atoms with Gasteiger partial charge in [0.2, 0.25) is 0 Å². The summed E-state index contributed by atoms with van der Waals surface area (Å²) in [6, 6.07) is 13.7. The number of rotatable bonds is 4. The molecule has 118 valence electrons. The Labute approximate surface area is 143 Å². The molecule has 0 N–H and O–H groups in total. The molecule has 1 atom stereocenters. The summed E-state index contributed by atoms with van der Waals surface area (Å²) in [5, 5.41) is 2.71. The summed E-state index contributed by atoms with van der Waals surface area (Å²) >= 11 is 3.56. The second-order valence-corrected chi connectivity index (χ2v) is 8.13. The van der Waals surface area contributed by atoms with Crippen LogP contribution in [0, 0.1) is 11.8 Å². The lowest BCUT2D eigenvalue weighted by Crippen LogP contribution is -2.15. The Kier molecular flexibility index (Phi) is 5.23. The van der Waals surface area contributed by atoms with Crippen molar-refractivity contribution < 1.29 is 0 Å². The van der Waals surface area contributed by atoms with Gasteiger partial charge >= 0.3 is 0 Å². The molecule has 1 fully saturated rings. The van der Waals surface area contributed by atoms with Crippen molar-refractivity contribution in [1.82, 2.24) is 0 Å². The highest BCUT2D eigenvalue weighted by Crippen LogP contribution is 2.39. The second kappa shape index (κ2) is 7.17. The molecule has 0 saturated heterocycles. The van der Waals surface area contributed by atoms with E-state index in [4.69, 9.17) is 0 Å². The van der Waals surface area contributed by atoms with Gasteiger partial charge in [0.1, 0.15) is 0 Å². The Bertz CT molecular complexity index is 623. The van der Waals surface area contributed by atoms with E-state index in [0.29, 0.717) is 0 Å². The van der Waals surface area contributed by atoms with Crippen molar-refractivity contribution in [3.8, 4) is 0 Å². The highest BCUT2D eigenvalue weighted by molar-refractivity contribution is 9.10. The number of hydrogen-bond acceptors (Lipinski definition) is 0. The molecular weight excluding hydrogens is 332 g/mol. The summed E-state index contributed by atoms with van der Waals surface area (Å²) in [6.45, 7) is 4.73. The topological polar surface area (TPSA) is 0 Å². The first-order valence-electron chi connectivity index (χ1n) is 8.85. The highest BCUT2D eigenvalue weighted by Gasteiger charge is 2.23. The molecule has 0 heterocycles. The van der Waals surface area contributed by atoms with Crippen molar-refractivity contribution in [3.05, 3.63) is 46.4 Å². The summed E-state index contributed by atoms with van der Waals surface area (Å²) in [6.07, 6.45) is 8.38. The Morgan fingerprint density at radius 3 is 2.41 bits per heavy atom. The van der Waals surface area contributed by atoms with Crippen molar-refractivity contribution in [2.45, 2.75) is 58.3 Å². The van der Waals surface area contributed by atoms with Crippen LogP contribution in [0.15, 0.2) is 40.9 Å². The maximum Gasteiger partial charge on any atom is 0.0181 e. The maximum atomic E-state index is 3.56. The predicted octanol–water partition coefficient (Wildman–Crippen LogP) is 7.31. The molecule has 0 aliphatic heterocycles. The molecule has 2 aromatic rings. The zero-order valence-corrected chi connectivity index (χ0v) is 15.4. The molecule has 0 radical (unpaired) electrons. The van der Waals surface area contributed by atoms with Gasteiger partial charge in [0, 0.05) is 4.47 Å². The first-order chi connectivity index (χ1) is 10.7. The van der Waals surface area contributed by atoms with Crippen LogP contribution in [-0.4, -0.2) is 0 Å². The SMILES string of the molecule is CCC(C)CC1CCC(c2ccc3cc(Br)ccc3c2)CC1. The average Bonchev–Trinajstić information content (AvgIpc) is 2.55. The summed E-state index contributed by atoms with van der Waals surface area (Å²) in [5.41, 5.74) is 1.55. The lowest BCUT2D eigenvalue weighted by molar-refractivity contribution is 0.273. The molecule has 1 aliphatic carbocycles. The van der Waals surface area contributed by atoms with Gasteiger partial charge in [0.05, 0.1) is 0 Å². The molecule has 0 aromatic heterocycles. The Hall–Kier alpha value is -0.820. The normalized spacial score (nSPS) is 23.6. The monoisotopic (exact) mass is 358 g/mol. The van der Waals surface area contributed by atoms with E-state index < -0.39 is 0 Å². The fourth-order valence-corrected chi connectivity index (χ4v) is 4.33. The fraction of sp³-hybridized carbons (Fsp3) is 0.524. The van der Waals surface area contributed by atoms with Gasteiger partial charge in [-0.15, -0.1) is 0 Å². The van der Waals surface area contributed by atoms with Gasteiger partial charge in [-0.25, -0.2) is 0 Å². The molecular formula is C21H27Br. The number of benzene rings is 2. The van der Waals surface area contributed by atoms with Crippen molar-refractivity contribution in [1.29, 1.82) is 0 Å². The van der Waals surface area contributed by atoms with Crippen LogP contribution in [-0.2, 0) is 0 Å². The molecule has 0 spiro atoms. The summed E-state index contributed by atoms with van der Waals surface area (Å²) in [7, 11) is 0. The van der Waals surface area contributed by atoms with Gasteiger partial charge in [-0.2, -0.15) is 0 Å². The van der Waals surface area contributed by atoms with E-state index in [2.05, 4.69) is 66.2 Å². The van der Waals surface area contributed by atoms with Crippen molar-refractivity contribution >= 4 is 26.7 Å². The molecule has 22 heavy (non-hydrogen) atoms. The van der Waals surface area contributed by atoms with Crippen molar-refractivity contribution in [2.24, 2.45) is 11.8 Å².